The van der Waals surface area contributed by atoms with E-state index in [9.17, 15) is 4.79 Å². The standard InChI is InChI=1S/C15H22N4OS2/c1-3-18(4-2)15-17-13-11(22-15)8-12(21-13)14(20)19-7-5-6-10(16)9-19/h8,10H,3-7,9,16H2,1-2H3. The van der Waals surface area contributed by atoms with Gasteiger partial charge in [-0.3, -0.25) is 4.79 Å². The van der Waals surface area contributed by atoms with E-state index in [1.807, 2.05) is 11.0 Å². The van der Waals surface area contributed by atoms with Crippen molar-refractivity contribution >= 4 is 43.2 Å². The van der Waals surface area contributed by atoms with Crippen LogP contribution in [-0.2, 0) is 0 Å². The van der Waals surface area contributed by atoms with Crippen molar-refractivity contribution in [3.8, 4) is 0 Å². The van der Waals surface area contributed by atoms with Gasteiger partial charge in [-0.15, -0.1) is 11.3 Å². The van der Waals surface area contributed by atoms with Crippen LogP contribution in [0.15, 0.2) is 6.07 Å². The number of likely N-dealkylation sites (tertiary alicyclic amines) is 1. The molecule has 0 aromatic carbocycles. The summed E-state index contributed by atoms with van der Waals surface area (Å²) in [6.45, 7) is 7.66. The van der Waals surface area contributed by atoms with Crippen LogP contribution < -0.4 is 10.6 Å². The zero-order valence-corrected chi connectivity index (χ0v) is 14.7. The van der Waals surface area contributed by atoms with Crippen LogP contribution in [0.2, 0.25) is 0 Å². The van der Waals surface area contributed by atoms with Gasteiger partial charge in [-0.05, 0) is 32.8 Å². The van der Waals surface area contributed by atoms with Crippen LogP contribution in [0.25, 0.3) is 9.53 Å². The maximum absolute atomic E-state index is 12.6. The van der Waals surface area contributed by atoms with Crippen LogP contribution in [0.1, 0.15) is 36.4 Å². The number of hydrogen-bond acceptors (Lipinski definition) is 6. The molecule has 7 heteroatoms. The van der Waals surface area contributed by atoms with Crippen molar-refractivity contribution in [2.24, 2.45) is 5.73 Å². The molecule has 120 valence electrons. The number of carbonyl (C=O) groups is 1. The molecule has 0 radical (unpaired) electrons. The quantitative estimate of drug-likeness (QED) is 0.931. The maximum atomic E-state index is 12.6. The largest absolute Gasteiger partial charge is 0.349 e. The number of hydrogen-bond donors (Lipinski definition) is 1. The first-order valence-corrected chi connectivity index (χ1v) is 9.45. The zero-order chi connectivity index (χ0) is 15.7. The Balaban J connectivity index is 1.80. The van der Waals surface area contributed by atoms with Crippen molar-refractivity contribution in [3.63, 3.8) is 0 Å². The summed E-state index contributed by atoms with van der Waals surface area (Å²) in [5.74, 6) is 0.106. The summed E-state index contributed by atoms with van der Waals surface area (Å²) in [6, 6.07) is 2.11. The number of fused-ring (bicyclic) bond motifs is 1. The van der Waals surface area contributed by atoms with E-state index in [1.54, 1.807) is 11.3 Å². The number of amides is 1. The summed E-state index contributed by atoms with van der Waals surface area (Å²) in [6.07, 6.45) is 2.01. The van der Waals surface area contributed by atoms with E-state index in [1.165, 1.54) is 11.3 Å². The van der Waals surface area contributed by atoms with Gasteiger partial charge in [0.25, 0.3) is 5.91 Å². The molecule has 2 aromatic heterocycles. The molecule has 3 rings (SSSR count). The van der Waals surface area contributed by atoms with E-state index in [2.05, 4.69) is 23.7 Å². The highest BCUT2D eigenvalue weighted by Gasteiger charge is 2.24. The number of thiazole rings is 1. The summed E-state index contributed by atoms with van der Waals surface area (Å²) in [7, 11) is 0. The lowest BCUT2D eigenvalue weighted by Gasteiger charge is -2.30. The third-order valence-electron chi connectivity index (χ3n) is 4.07. The first-order chi connectivity index (χ1) is 10.6. The minimum Gasteiger partial charge on any atom is -0.349 e. The highest BCUT2D eigenvalue weighted by atomic mass is 32.1. The molecule has 3 heterocycles. The molecular formula is C15H22N4OS2. The van der Waals surface area contributed by atoms with E-state index in [4.69, 9.17) is 5.73 Å². The molecule has 0 aliphatic carbocycles. The zero-order valence-electron chi connectivity index (χ0n) is 13.0. The number of nitrogens with two attached hydrogens (primary N) is 1. The Morgan fingerprint density at radius 1 is 1.45 bits per heavy atom. The average molecular weight is 339 g/mol. The summed E-state index contributed by atoms with van der Waals surface area (Å²) in [5, 5.41) is 1.05. The molecular weight excluding hydrogens is 316 g/mol. The number of carbonyl (C=O) groups excluding carboxylic acids is 1. The van der Waals surface area contributed by atoms with Gasteiger partial charge in [-0.25, -0.2) is 4.98 Å². The van der Waals surface area contributed by atoms with Crippen molar-refractivity contribution < 1.29 is 4.79 Å². The van der Waals surface area contributed by atoms with Gasteiger partial charge in [0.2, 0.25) is 0 Å². The van der Waals surface area contributed by atoms with Crippen molar-refractivity contribution in [2.75, 3.05) is 31.1 Å². The molecule has 2 N–H and O–H groups in total. The summed E-state index contributed by atoms with van der Waals surface area (Å²) < 4.78 is 1.11. The first-order valence-electron chi connectivity index (χ1n) is 7.82. The van der Waals surface area contributed by atoms with Gasteiger partial charge < -0.3 is 15.5 Å². The average Bonchev–Trinajstić information content (AvgIpc) is 3.06. The summed E-state index contributed by atoms with van der Waals surface area (Å²) in [5.41, 5.74) is 5.97. The first kappa shape index (κ1) is 15.7. The van der Waals surface area contributed by atoms with Gasteiger partial charge in [0.1, 0.15) is 4.83 Å². The highest BCUT2D eigenvalue weighted by Crippen LogP contribution is 2.35. The third kappa shape index (κ3) is 2.98. The number of rotatable bonds is 4. The molecule has 0 spiro atoms. The Hall–Kier alpha value is -1.18. The Kier molecular flexibility index (Phi) is 4.65. The Bertz CT molecular complexity index is 630. The summed E-state index contributed by atoms with van der Waals surface area (Å²) in [4.78, 5) is 23.2. The molecule has 0 saturated carbocycles. The van der Waals surface area contributed by atoms with E-state index < -0.39 is 0 Å². The lowest BCUT2D eigenvalue weighted by atomic mass is 10.1. The van der Waals surface area contributed by atoms with Crippen molar-refractivity contribution in [3.05, 3.63) is 10.9 Å². The van der Waals surface area contributed by atoms with E-state index in [0.29, 0.717) is 6.54 Å². The van der Waals surface area contributed by atoms with Crippen molar-refractivity contribution in [1.82, 2.24) is 9.88 Å². The lowest BCUT2D eigenvalue weighted by Crippen LogP contribution is -2.45. The van der Waals surface area contributed by atoms with Gasteiger partial charge in [-0.2, -0.15) is 0 Å². The summed E-state index contributed by atoms with van der Waals surface area (Å²) >= 11 is 3.17. The topological polar surface area (TPSA) is 62.5 Å². The van der Waals surface area contributed by atoms with Gasteiger partial charge in [0.05, 0.1) is 9.58 Å². The normalized spacial score (nSPS) is 18.9. The fraction of sp³-hybridized carbons (Fsp3) is 0.600. The van der Waals surface area contributed by atoms with Crippen molar-refractivity contribution in [2.45, 2.75) is 32.7 Å². The Morgan fingerprint density at radius 3 is 2.86 bits per heavy atom. The highest BCUT2D eigenvalue weighted by molar-refractivity contribution is 7.29. The minimum atomic E-state index is 0.106. The van der Waals surface area contributed by atoms with Gasteiger partial charge >= 0.3 is 0 Å². The predicted molar refractivity (Wildman–Crippen MR) is 94.2 cm³/mol. The van der Waals surface area contributed by atoms with E-state index in [0.717, 1.165) is 52.0 Å². The maximum Gasteiger partial charge on any atom is 0.264 e. The second-order valence-corrected chi connectivity index (χ2v) is 7.64. The van der Waals surface area contributed by atoms with Gasteiger partial charge in [0, 0.05) is 32.2 Å². The molecule has 1 aliphatic rings. The molecule has 2 aromatic rings. The number of anilines is 1. The molecule has 22 heavy (non-hydrogen) atoms. The van der Waals surface area contributed by atoms with E-state index in [-0.39, 0.29) is 11.9 Å². The van der Waals surface area contributed by atoms with Crippen LogP contribution in [-0.4, -0.2) is 48.0 Å². The Morgan fingerprint density at radius 2 is 2.23 bits per heavy atom. The number of aromatic nitrogens is 1. The van der Waals surface area contributed by atoms with Crippen LogP contribution in [0.3, 0.4) is 0 Å². The minimum absolute atomic E-state index is 0.106. The molecule has 1 unspecified atom stereocenters. The fourth-order valence-electron chi connectivity index (χ4n) is 2.81. The van der Waals surface area contributed by atoms with Gasteiger partial charge in [0.15, 0.2) is 5.13 Å². The fourth-order valence-corrected chi connectivity index (χ4v) is 5.12. The Labute approximate surface area is 138 Å². The smallest absolute Gasteiger partial charge is 0.264 e. The van der Waals surface area contributed by atoms with Crippen LogP contribution in [0, 0.1) is 0 Å². The van der Waals surface area contributed by atoms with Crippen LogP contribution in [0.5, 0.6) is 0 Å². The number of nitrogens with zero attached hydrogens (tertiary/aromatic N) is 3. The number of piperidine rings is 1. The van der Waals surface area contributed by atoms with Gasteiger partial charge in [-0.1, -0.05) is 11.3 Å². The predicted octanol–water partition coefficient (Wildman–Crippen LogP) is 2.77. The van der Waals surface area contributed by atoms with E-state index >= 15 is 0 Å². The van der Waals surface area contributed by atoms with Crippen LogP contribution >= 0.6 is 22.7 Å². The second kappa shape index (κ2) is 6.52. The SMILES string of the molecule is CCN(CC)c1nc2sc(C(=O)N3CCCC(N)C3)cc2s1. The van der Waals surface area contributed by atoms with Crippen molar-refractivity contribution in [1.29, 1.82) is 0 Å². The molecule has 0 bridgehead atoms. The molecule has 1 saturated heterocycles. The molecule has 1 atom stereocenters. The lowest BCUT2D eigenvalue weighted by molar-refractivity contribution is 0.0714. The van der Waals surface area contributed by atoms with Crippen LogP contribution in [0.4, 0.5) is 5.13 Å². The third-order valence-corrected chi connectivity index (χ3v) is 6.28. The monoisotopic (exact) mass is 338 g/mol. The number of thiophene rings is 1. The second-order valence-electron chi connectivity index (χ2n) is 5.60. The molecule has 5 nitrogen and oxygen atoms in total. The molecule has 1 aliphatic heterocycles. The molecule has 1 amide bonds. The molecule has 1 fully saturated rings.